The van der Waals surface area contributed by atoms with Crippen LogP contribution in [0.3, 0.4) is 0 Å². The molecule has 0 radical (unpaired) electrons. The van der Waals surface area contributed by atoms with E-state index in [1.54, 1.807) is 42.6 Å². The van der Waals surface area contributed by atoms with E-state index in [9.17, 15) is 14.3 Å². The lowest BCUT2D eigenvalue weighted by Crippen LogP contribution is -2.42. The Balaban J connectivity index is 1.16. The van der Waals surface area contributed by atoms with Gasteiger partial charge in [-0.25, -0.2) is 19.2 Å². The lowest BCUT2D eigenvalue weighted by molar-refractivity contribution is -0.0591. The number of carboxylic acids is 1. The molecule has 0 amide bonds. The summed E-state index contributed by atoms with van der Waals surface area (Å²) in [4.78, 5) is 25.8. The van der Waals surface area contributed by atoms with Crippen molar-refractivity contribution in [3.63, 3.8) is 0 Å². The fourth-order valence-corrected chi connectivity index (χ4v) is 6.12. The molecule has 3 atom stereocenters. The van der Waals surface area contributed by atoms with Crippen LogP contribution < -0.4 is 9.64 Å². The average molecular weight is 599 g/mol. The first kappa shape index (κ1) is 29.5. The van der Waals surface area contributed by atoms with Crippen LogP contribution in [-0.4, -0.2) is 68.9 Å². The smallest absolute Gasteiger partial charge is 0.335 e. The van der Waals surface area contributed by atoms with Gasteiger partial charge in [0, 0.05) is 43.1 Å². The molecule has 2 aromatic carbocycles. The number of pyridine rings is 1. The van der Waals surface area contributed by atoms with Gasteiger partial charge in [-0.05, 0) is 69.6 Å². The second kappa shape index (κ2) is 12.6. The number of rotatable bonds is 11. The summed E-state index contributed by atoms with van der Waals surface area (Å²) in [6.07, 6.45) is 4.81. The minimum atomic E-state index is -0.960. The summed E-state index contributed by atoms with van der Waals surface area (Å²) in [6.45, 7) is 4.99. The maximum atomic E-state index is 14.4. The van der Waals surface area contributed by atoms with Crippen molar-refractivity contribution in [2.45, 2.75) is 64.1 Å². The standard InChI is InChI=1S/C33H35FN6O4/c1-21-3-7-25(40(21)31-15-26(9-11-36-31)44-20-24-5-4-22(16-35)13-28(24)34)17-38(2)19-32-37-29-8-6-23(33(41)42)14-30(29)39(32)18-27-10-12-43-27/h4-6,8-9,11,13-15,21,25,27H,3,7,10,12,17-20H2,1-2H3,(H,41,42). The van der Waals surface area contributed by atoms with Gasteiger partial charge in [-0.3, -0.25) is 4.90 Å². The number of fused-ring (bicyclic) bond motifs is 1. The van der Waals surface area contributed by atoms with Crippen LogP contribution in [0.15, 0.2) is 54.7 Å². The topological polar surface area (TPSA) is 117 Å². The van der Waals surface area contributed by atoms with Crippen LogP contribution >= 0.6 is 0 Å². The number of nitriles is 1. The molecular weight excluding hydrogens is 563 g/mol. The fraction of sp³-hybridized carbons (Fsp3) is 0.394. The van der Waals surface area contributed by atoms with E-state index in [2.05, 4.69) is 33.3 Å². The molecule has 2 saturated heterocycles. The molecule has 4 aromatic rings. The van der Waals surface area contributed by atoms with Crippen molar-refractivity contribution < 1.29 is 23.8 Å². The van der Waals surface area contributed by atoms with Crippen LogP contribution in [0.4, 0.5) is 10.2 Å². The zero-order valence-electron chi connectivity index (χ0n) is 24.8. The molecule has 2 aliphatic rings. The first-order chi connectivity index (χ1) is 21.3. The highest BCUT2D eigenvalue weighted by Gasteiger charge is 2.33. The minimum absolute atomic E-state index is 0.0452. The maximum absolute atomic E-state index is 14.4. The molecule has 6 rings (SSSR count). The van der Waals surface area contributed by atoms with E-state index in [0.717, 1.165) is 55.1 Å². The van der Waals surface area contributed by atoms with Crippen molar-refractivity contribution in [2.24, 2.45) is 0 Å². The summed E-state index contributed by atoms with van der Waals surface area (Å²) >= 11 is 0. The van der Waals surface area contributed by atoms with Gasteiger partial charge >= 0.3 is 5.97 Å². The monoisotopic (exact) mass is 598 g/mol. The first-order valence-corrected chi connectivity index (χ1v) is 14.9. The van der Waals surface area contributed by atoms with Gasteiger partial charge in [-0.1, -0.05) is 6.07 Å². The van der Waals surface area contributed by atoms with Gasteiger partial charge in [0.1, 0.15) is 29.8 Å². The first-order valence-electron chi connectivity index (χ1n) is 14.9. The highest BCUT2D eigenvalue weighted by atomic mass is 19.1. The van der Waals surface area contributed by atoms with E-state index >= 15 is 0 Å². The Morgan fingerprint density at radius 1 is 1.20 bits per heavy atom. The SMILES string of the molecule is CC1CCC(CN(C)Cc2nc3ccc(C(=O)O)cc3n2CC2CCO2)N1c1cc(OCc2ccc(C#N)cc2F)ccn1. The quantitative estimate of drug-likeness (QED) is 0.255. The van der Waals surface area contributed by atoms with E-state index in [4.69, 9.17) is 19.7 Å². The van der Waals surface area contributed by atoms with Gasteiger partial charge < -0.3 is 24.0 Å². The second-order valence-electron chi connectivity index (χ2n) is 11.7. The molecule has 0 spiro atoms. The van der Waals surface area contributed by atoms with Gasteiger partial charge in [-0.2, -0.15) is 5.26 Å². The molecule has 0 bridgehead atoms. The Bertz CT molecular complexity index is 1710. The number of likely N-dealkylation sites (N-methyl/N-ethyl adjacent to an activating group) is 1. The number of nitrogens with zero attached hydrogens (tertiary/aromatic N) is 6. The van der Waals surface area contributed by atoms with E-state index in [0.29, 0.717) is 24.4 Å². The molecule has 4 heterocycles. The number of aromatic carboxylic acids is 1. The summed E-state index contributed by atoms with van der Waals surface area (Å²) in [5, 5.41) is 18.5. The molecule has 10 nitrogen and oxygen atoms in total. The number of hydrogen-bond donors (Lipinski definition) is 1. The van der Waals surface area contributed by atoms with Crippen LogP contribution in [0.25, 0.3) is 11.0 Å². The van der Waals surface area contributed by atoms with Crippen molar-refractivity contribution in [1.29, 1.82) is 5.26 Å². The van der Waals surface area contributed by atoms with Gasteiger partial charge in [0.25, 0.3) is 0 Å². The predicted octanol–water partition coefficient (Wildman–Crippen LogP) is 5.00. The molecule has 0 aliphatic carbocycles. The normalized spacial score (nSPS) is 19.7. The fourth-order valence-electron chi connectivity index (χ4n) is 6.12. The summed E-state index contributed by atoms with van der Waals surface area (Å²) in [6, 6.07) is 15.5. The van der Waals surface area contributed by atoms with Gasteiger partial charge in [0.05, 0.1) is 47.4 Å². The number of hydrogen-bond acceptors (Lipinski definition) is 8. The zero-order chi connectivity index (χ0) is 30.8. The number of anilines is 1. The van der Waals surface area contributed by atoms with Crippen LogP contribution in [0.2, 0.25) is 0 Å². The second-order valence-corrected chi connectivity index (χ2v) is 11.7. The molecule has 1 N–H and O–H groups in total. The minimum Gasteiger partial charge on any atom is -0.489 e. The molecule has 11 heteroatoms. The number of carbonyl (C=O) groups is 1. The van der Waals surface area contributed by atoms with E-state index in [-0.39, 0.29) is 35.9 Å². The number of benzene rings is 2. The number of carboxylic acid groups (broad SMARTS) is 1. The molecule has 0 saturated carbocycles. The summed E-state index contributed by atoms with van der Waals surface area (Å²) in [5.74, 6) is 0.852. The van der Waals surface area contributed by atoms with E-state index in [1.165, 1.54) is 6.07 Å². The van der Waals surface area contributed by atoms with Crippen molar-refractivity contribution >= 4 is 22.8 Å². The lowest BCUT2D eigenvalue weighted by Gasteiger charge is -2.33. The van der Waals surface area contributed by atoms with Gasteiger partial charge in [0.2, 0.25) is 0 Å². The van der Waals surface area contributed by atoms with Crippen LogP contribution in [-0.2, 0) is 24.4 Å². The highest BCUT2D eigenvalue weighted by Crippen LogP contribution is 2.32. The van der Waals surface area contributed by atoms with E-state index < -0.39 is 11.8 Å². The van der Waals surface area contributed by atoms with Crippen LogP contribution in [0, 0.1) is 17.1 Å². The van der Waals surface area contributed by atoms with Crippen molar-refractivity contribution in [1.82, 2.24) is 19.4 Å². The molecule has 44 heavy (non-hydrogen) atoms. The van der Waals surface area contributed by atoms with Gasteiger partial charge in [-0.15, -0.1) is 0 Å². The molecule has 2 fully saturated rings. The average Bonchev–Trinajstić information content (AvgIpc) is 3.52. The summed E-state index contributed by atoms with van der Waals surface area (Å²) < 4.78 is 28.1. The molecular formula is C33H35FN6O4. The Morgan fingerprint density at radius 2 is 2.05 bits per heavy atom. The van der Waals surface area contributed by atoms with Gasteiger partial charge in [0.15, 0.2) is 0 Å². The molecule has 3 unspecified atom stereocenters. The Morgan fingerprint density at radius 3 is 2.77 bits per heavy atom. The third kappa shape index (κ3) is 6.23. The highest BCUT2D eigenvalue weighted by molar-refractivity contribution is 5.92. The Kier molecular flexibility index (Phi) is 8.46. The number of halogens is 1. The third-order valence-electron chi connectivity index (χ3n) is 8.53. The van der Waals surface area contributed by atoms with Crippen molar-refractivity contribution in [3.05, 3.63) is 83.1 Å². The molecule has 228 valence electrons. The number of aromatic nitrogens is 3. The van der Waals surface area contributed by atoms with Crippen LogP contribution in [0.1, 0.15) is 53.5 Å². The molecule has 2 aromatic heterocycles. The Labute approximate surface area is 255 Å². The third-order valence-corrected chi connectivity index (χ3v) is 8.53. The maximum Gasteiger partial charge on any atom is 0.335 e. The van der Waals surface area contributed by atoms with Crippen molar-refractivity contribution in [2.75, 3.05) is 25.1 Å². The Hall–Kier alpha value is -4.53. The lowest BCUT2D eigenvalue weighted by atomic mass is 10.1. The predicted molar refractivity (Wildman–Crippen MR) is 162 cm³/mol. The van der Waals surface area contributed by atoms with Crippen LogP contribution in [0.5, 0.6) is 5.75 Å². The molecule has 2 aliphatic heterocycles. The summed E-state index contributed by atoms with van der Waals surface area (Å²) in [7, 11) is 2.08. The van der Waals surface area contributed by atoms with Crippen molar-refractivity contribution in [3.8, 4) is 11.8 Å². The number of ether oxygens (including phenoxy) is 2. The largest absolute Gasteiger partial charge is 0.489 e. The number of imidazole rings is 1. The zero-order valence-corrected chi connectivity index (χ0v) is 24.8. The van der Waals surface area contributed by atoms with E-state index in [1.807, 2.05) is 12.1 Å². The summed E-state index contributed by atoms with van der Waals surface area (Å²) in [5.41, 5.74) is 2.47.